The molecule has 1 aliphatic carbocycles. The summed E-state index contributed by atoms with van der Waals surface area (Å²) in [4.78, 5) is 18.6. The summed E-state index contributed by atoms with van der Waals surface area (Å²) in [6, 6.07) is 2.55. The van der Waals surface area contributed by atoms with Crippen LogP contribution in [0.1, 0.15) is 53.7 Å². The van der Waals surface area contributed by atoms with Crippen LogP contribution in [0.4, 0.5) is 0 Å². The number of carbonyl (C=O) groups excluding carboxylic acids is 1. The molecular formula is C18H26N4O2. The number of aromatic nitrogens is 1. The van der Waals surface area contributed by atoms with E-state index >= 15 is 0 Å². The molecule has 1 saturated heterocycles. The molecule has 2 aliphatic heterocycles. The third-order valence-corrected chi connectivity index (χ3v) is 6.30. The molecule has 3 heterocycles. The summed E-state index contributed by atoms with van der Waals surface area (Å²) in [5.74, 6) is -0.489. The van der Waals surface area contributed by atoms with Crippen molar-refractivity contribution >= 4 is 5.91 Å². The number of hydrogen-bond acceptors (Lipinski definition) is 5. The highest BCUT2D eigenvalue weighted by atomic mass is 16.5. The highest BCUT2D eigenvalue weighted by Crippen LogP contribution is 2.47. The summed E-state index contributed by atoms with van der Waals surface area (Å²) in [5, 5.41) is 12.2. The molecule has 6 nitrogen and oxygen atoms in total. The van der Waals surface area contributed by atoms with E-state index in [9.17, 15) is 4.79 Å². The van der Waals surface area contributed by atoms with Crippen molar-refractivity contribution in [3.63, 3.8) is 0 Å². The van der Waals surface area contributed by atoms with Crippen molar-refractivity contribution in [2.75, 3.05) is 19.6 Å². The molecule has 24 heavy (non-hydrogen) atoms. The van der Waals surface area contributed by atoms with Gasteiger partial charge in [-0.2, -0.15) is 0 Å². The quantitative estimate of drug-likeness (QED) is 0.566. The molecule has 4 rings (SSSR count). The number of amides is 1. The lowest BCUT2D eigenvalue weighted by Crippen LogP contribution is -2.40. The first-order chi connectivity index (χ1) is 11.7. The van der Waals surface area contributed by atoms with Crippen molar-refractivity contribution < 1.29 is 10.0 Å². The molecule has 1 spiro atoms. The molecule has 3 aliphatic rings. The Morgan fingerprint density at radius 3 is 3.00 bits per heavy atom. The summed E-state index contributed by atoms with van der Waals surface area (Å²) >= 11 is 0. The number of fused-ring (bicyclic) bond motifs is 1. The number of hydrogen-bond donors (Lipinski definition) is 3. The number of piperidine rings is 1. The summed E-state index contributed by atoms with van der Waals surface area (Å²) in [5.41, 5.74) is 4.91. The molecule has 0 aromatic carbocycles. The second kappa shape index (κ2) is 6.43. The molecule has 1 saturated carbocycles. The number of nitrogens with zero attached hydrogens (tertiary/aromatic N) is 2. The van der Waals surface area contributed by atoms with E-state index in [0.717, 1.165) is 30.8 Å². The topological polar surface area (TPSA) is 77.5 Å². The molecule has 1 atom stereocenters. The molecule has 1 aromatic rings. The summed E-state index contributed by atoms with van der Waals surface area (Å²) < 4.78 is 0. The standard InChI is InChI=1S/C18H26N4O2/c23-17(21-24)14-9-13-2-8-22(12-16(13)20-11-14)15-1-3-18(10-15)4-6-19-7-5-18/h9,11,15,19,24H,1-8,10,12H2,(H,21,23)/t15-/m0/s1. The van der Waals surface area contributed by atoms with Gasteiger partial charge in [0.25, 0.3) is 5.91 Å². The van der Waals surface area contributed by atoms with E-state index in [4.69, 9.17) is 5.21 Å². The summed E-state index contributed by atoms with van der Waals surface area (Å²) in [6.07, 6.45) is 9.15. The molecular weight excluding hydrogens is 304 g/mol. The van der Waals surface area contributed by atoms with Crippen LogP contribution in [-0.2, 0) is 13.0 Å². The fraction of sp³-hybridized carbons (Fsp3) is 0.667. The second-order valence-corrected chi connectivity index (χ2v) is 7.64. The van der Waals surface area contributed by atoms with Gasteiger partial charge in [0.15, 0.2) is 0 Å². The average Bonchev–Trinajstić information content (AvgIpc) is 3.04. The average molecular weight is 330 g/mol. The van der Waals surface area contributed by atoms with Crippen LogP contribution in [0.2, 0.25) is 0 Å². The zero-order chi connectivity index (χ0) is 16.6. The summed E-state index contributed by atoms with van der Waals surface area (Å²) in [7, 11) is 0. The van der Waals surface area contributed by atoms with Crippen molar-refractivity contribution in [1.29, 1.82) is 0 Å². The molecule has 3 N–H and O–H groups in total. The van der Waals surface area contributed by atoms with Crippen LogP contribution in [0.3, 0.4) is 0 Å². The first-order valence-electron chi connectivity index (χ1n) is 9.06. The van der Waals surface area contributed by atoms with Gasteiger partial charge in [-0.25, -0.2) is 5.48 Å². The van der Waals surface area contributed by atoms with Gasteiger partial charge in [-0.15, -0.1) is 0 Å². The van der Waals surface area contributed by atoms with E-state index < -0.39 is 5.91 Å². The van der Waals surface area contributed by atoms with Gasteiger partial charge in [0, 0.05) is 25.3 Å². The molecule has 0 bridgehead atoms. The Labute approximate surface area is 142 Å². The highest BCUT2D eigenvalue weighted by molar-refractivity contribution is 5.93. The van der Waals surface area contributed by atoms with E-state index in [1.54, 1.807) is 11.7 Å². The fourth-order valence-electron chi connectivity index (χ4n) is 4.83. The van der Waals surface area contributed by atoms with Gasteiger partial charge in [-0.1, -0.05) is 0 Å². The maximum atomic E-state index is 11.5. The van der Waals surface area contributed by atoms with E-state index in [1.807, 2.05) is 6.07 Å². The van der Waals surface area contributed by atoms with Gasteiger partial charge in [0.2, 0.25) is 0 Å². The lowest BCUT2D eigenvalue weighted by Gasteiger charge is -2.37. The van der Waals surface area contributed by atoms with Gasteiger partial charge in [0.1, 0.15) is 0 Å². The zero-order valence-corrected chi connectivity index (χ0v) is 14.1. The number of rotatable bonds is 2. The van der Waals surface area contributed by atoms with Crippen molar-refractivity contribution in [2.24, 2.45) is 5.41 Å². The lowest BCUT2D eigenvalue weighted by molar-refractivity contribution is 0.0705. The minimum absolute atomic E-state index is 0.430. The van der Waals surface area contributed by atoms with Gasteiger partial charge in [-0.3, -0.25) is 19.9 Å². The molecule has 0 radical (unpaired) electrons. The predicted octanol–water partition coefficient (Wildman–Crippen LogP) is 1.48. The Morgan fingerprint density at radius 2 is 2.21 bits per heavy atom. The van der Waals surface area contributed by atoms with E-state index in [0.29, 0.717) is 17.0 Å². The number of pyridine rings is 1. The normalized spacial score (nSPS) is 26.3. The van der Waals surface area contributed by atoms with Crippen LogP contribution in [0, 0.1) is 5.41 Å². The van der Waals surface area contributed by atoms with Crippen molar-refractivity contribution in [3.05, 3.63) is 29.1 Å². The van der Waals surface area contributed by atoms with Crippen LogP contribution < -0.4 is 10.8 Å². The van der Waals surface area contributed by atoms with Crippen molar-refractivity contribution in [3.8, 4) is 0 Å². The van der Waals surface area contributed by atoms with E-state index in [2.05, 4.69) is 15.2 Å². The monoisotopic (exact) mass is 330 g/mol. The fourth-order valence-corrected chi connectivity index (χ4v) is 4.83. The first-order valence-corrected chi connectivity index (χ1v) is 9.06. The minimum atomic E-state index is -0.489. The smallest absolute Gasteiger partial charge is 0.276 e. The van der Waals surface area contributed by atoms with Crippen LogP contribution in [0.5, 0.6) is 0 Å². The predicted molar refractivity (Wildman–Crippen MR) is 89.8 cm³/mol. The molecule has 2 fully saturated rings. The number of carbonyl (C=O) groups is 1. The van der Waals surface area contributed by atoms with E-state index in [-0.39, 0.29) is 0 Å². The third-order valence-electron chi connectivity index (χ3n) is 6.30. The van der Waals surface area contributed by atoms with Crippen molar-refractivity contribution in [2.45, 2.75) is 51.1 Å². The number of nitrogens with one attached hydrogen (secondary N) is 2. The maximum absolute atomic E-state index is 11.5. The first kappa shape index (κ1) is 16.0. The Balaban J connectivity index is 1.44. The molecule has 1 amide bonds. The maximum Gasteiger partial charge on any atom is 0.276 e. The lowest BCUT2D eigenvalue weighted by atomic mass is 9.77. The Kier molecular flexibility index (Phi) is 4.28. The highest BCUT2D eigenvalue weighted by Gasteiger charge is 2.42. The van der Waals surface area contributed by atoms with Gasteiger partial charge in [0.05, 0.1) is 11.3 Å². The van der Waals surface area contributed by atoms with Crippen LogP contribution in [0.15, 0.2) is 12.3 Å². The van der Waals surface area contributed by atoms with Crippen LogP contribution in [-0.4, -0.2) is 46.7 Å². The zero-order valence-electron chi connectivity index (χ0n) is 14.1. The SMILES string of the molecule is O=C(NO)c1cnc2c(c1)CCN([C@H]1CCC3(CCNCC3)C1)C2. The Morgan fingerprint density at radius 1 is 1.38 bits per heavy atom. The van der Waals surface area contributed by atoms with E-state index in [1.165, 1.54) is 45.2 Å². The van der Waals surface area contributed by atoms with Gasteiger partial charge in [-0.05, 0) is 68.7 Å². The Bertz CT molecular complexity index is 627. The third kappa shape index (κ3) is 2.94. The van der Waals surface area contributed by atoms with Gasteiger partial charge < -0.3 is 5.32 Å². The summed E-state index contributed by atoms with van der Waals surface area (Å²) in [6.45, 7) is 4.27. The second-order valence-electron chi connectivity index (χ2n) is 7.64. The molecule has 1 aromatic heterocycles. The molecule has 6 heteroatoms. The minimum Gasteiger partial charge on any atom is -0.317 e. The largest absolute Gasteiger partial charge is 0.317 e. The van der Waals surface area contributed by atoms with Gasteiger partial charge >= 0.3 is 0 Å². The molecule has 130 valence electrons. The van der Waals surface area contributed by atoms with Crippen molar-refractivity contribution in [1.82, 2.24) is 20.7 Å². The molecule has 0 unspecified atom stereocenters. The Hall–Kier alpha value is -1.50. The van der Waals surface area contributed by atoms with Crippen LogP contribution in [0.25, 0.3) is 0 Å². The van der Waals surface area contributed by atoms with Crippen LogP contribution >= 0.6 is 0 Å². The number of hydroxylamine groups is 1.